The van der Waals surface area contributed by atoms with Crippen LogP contribution >= 0.6 is 0 Å². The van der Waals surface area contributed by atoms with Gasteiger partial charge in [0.05, 0.1) is 0 Å². The van der Waals surface area contributed by atoms with Crippen LogP contribution in [0.5, 0.6) is 0 Å². The summed E-state index contributed by atoms with van der Waals surface area (Å²) in [7, 11) is 0. The molecule has 5 fully saturated rings. The first-order valence-electron chi connectivity index (χ1n) is 13.3. The normalized spacial score (nSPS) is 33.1. The molecule has 4 aliphatic heterocycles. The maximum absolute atomic E-state index is 10.1. The molecule has 1 aliphatic carbocycles. The van der Waals surface area contributed by atoms with Gasteiger partial charge in [-0.25, -0.2) is 0 Å². The van der Waals surface area contributed by atoms with Crippen molar-refractivity contribution in [1.82, 2.24) is 0 Å². The van der Waals surface area contributed by atoms with Crippen molar-refractivity contribution in [2.45, 2.75) is 120 Å². The van der Waals surface area contributed by atoms with Crippen LogP contribution < -0.4 is 5.73 Å². The Labute approximate surface area is 211 Å². The number of nitrogens with two attached hydrogens (primary N) is 1. The van der Waals surface area contributed by atoms with Crippen molar-refractivity contribution in [2.75, 3.05) is 26.2 Å². The molecule has 193 valence electrons. The molecule has 7 nitrogen and oxygen atoms in total. The summed E-state index contributed by atoms with van der Waals surface area (Å²) in [6, 6.07) is 1.78. The van der Waals surface area contributed by atoms with Gasteiger partial charge in [-0.1, -0.05) is 77.0 Å². The molecule has 4 heterocycles. The van der Waals surface area contributed by atoms with Crippen LogP contribution in [0.15, 0.2) is 0 Å². The predicted octanol–water partition coefficient (Wildman–Crippen LogP) is 5.48. The standard InChI is InChI=1S/2C10H18N2.C5H9NO2.Co/c2*1-3-7-11-9(5-1)10-6-2-4-8-12-10;6-4(5(7)8)3-1-2-3;/h2*9-10H,1-8H2;3-4H,1-2,6H2,(H,7,8);/q2*-2;;+2. The van der Waals surface area contributed by atoms with Crippen molar-refractivity contribution in [3.8, 4) is 0 Å². The van der Waals surface area contributed by atoms with E-state index in [4.69, 9.17) is 10.8 Å². The Kier molecular flexibility index (Phi) is 14.5. The van der Waals surface area contributed by atoms with Gasteiger partial charge in [-0.05, 0) is 18.8 Å². The van der Waals surface area contributed by atoms with Gasteiger partial charge in [0.15, 0.2) is 0 Å². The smallest absolute Gasteiger partial charge is 0.661 e. The minimum Gasteiger partial charge on any atom is -0.661 e. The van der Waals surface area contributed by atoms with E-state index >= 15 is 0 Å². The molecule has 0 aromatic carbocycles. The fraction of sp³-hybridized carbons (Fsp3) is 0.960. The van der Waals surface area contributed by atoms with Crippen LogP contribution in [0.3, 0.4) is 0 Å². The third-order valence-electron chi connectivity index (χ3n) is 7.39. The Bertz CT molecular complexity index is 449. The largest absolute Gasteiger partial charge is 2.00 e. The molecule has 8 heteroatoms. The maximum atomic E-state index is 10.1. The summed E-state index contributed by atoms with van der Waals surface area (Å²) in [4.78, 5) is 10.1. The first-order valence-corrected chi connectivity index (χ1v) is 13.3. The molecular weight excluding hydrogens is 461 g/mol. The second-order valence-electron chi connectivity index (χ2n) is 10.1. The van der Waals surface area contributed by atoms with Gasteiger partial charge in [0.25, 0.3) is 0 Å². The van der Waals surface area contributed by atoms with E-state index in [1.165, 1.54) is 77.0 Å². The van der Waals surface area contributed by atoms with E-state index in [0.29, 0.717) is 24.2 Å². The van der Waals surface area contributed by atoms with Gasteiger partial charge in [-0.3, -0.25) is 4.79 Å². The van der Waals surface area contributed by atoms with Crippen LogP contribution in [0, 0.1) is 5.92 Å². The minimum absolute atomic E-state index is 0. The van der Waals surface area contributed by atoms with E-state index in [1.807, 2.05) is 0 Å². The monoisotopic (exact) mass is 506 g/mol. The fourth-order valence-corrected chi connectivity index (χ4v) is 5.17. The van der Waals surface area contributed by atoms with Crippen molar-refractivity contribution in [3.05, 3.63) is 21.3 Å². The van der Waals surface area contributed by atoms with Gasteiger partial charge in [0.1, 0.15) is 6.04 Å². The van der Waals surface area contributed by atoms with Crippen LogP contribution in [0.1, 0.15) is 89.9 Å². The van der Waals surface area contributed by atoms with E-state index in [0.717, 1.165) is 39.0 Å². The van der Waals surface area contributed by atoms with Crippen molar-refractivity contribution in [1.29, 1.82) is 0 Å². The average Bonchev–Trinajstić information content (AvgIpc) is 3.72. The summed E-state index contributed by atoms with van der Waals surface area (Å²) < 4.78 is 0. The van der Waals surface area contributed by atoms with Crippen LogP contribution in [-0.4, -0.2) is 67.5 Å². The van der Waals surface area contributed by atoms with E-state index in [-0.39, 0.29) is 22.7 Å². The molecule has 1 saturated carbocycles. The molecule has 4 saturated heterocycles. The molecule has 3 N–H and O–H groups in total. The van der Waals surface area contributed by atoms with Crippen LogP contribution in [-0.2, 0) is 21.6 Å². The summed E-state index contributed by atoms with van der Waals surface area (Å²) in [5.41, 5.74) is 5.22. The molecular formula is C25H45CoN5O2-2. The number of hydrogen-bond donors (Lipinski definition) is 2. The van der Waals surface area contributed by atoms with Crippen LogP contribution in [0.4, 0.5) is 0 Å². The molecule has 1 radical (unpaired) electrons. The van der Waals surface area contributed by atoms with E-state index in [1.54, 1.807) is 0 Å². The van der Waals surface area contributed by atoms with Gasteiger partial charge in [-0.15, -0.1) is 26.2 Å². The first-order chi connectivity index (χ1) is 15.6. The summed E-state index contributed by atoms with van der Waals surface area (Å²) in [5.74, 6) is -0.597. The van der Waals surface area contributed by atoms with Gasteiger partial charge < -0.3 is 32.1 Å². The average molecular weight is 507 g/mol. The van der Waals surface area contributed by atoms with Crippen molar-refractivity contribution < 1.29 is 26.7 Å². The Morgan fingerprint density at radius 1 is 0.606 bits per heavy atom. The zero-order chi connectivity index (χ0) is 22.6. The Hall–Kier alpha value is -0.224. The number of nitrogens with zero attached hydrogens (tertiary/aromatic N) is 4. The molecule has 0 spiro atoms. The summed E-state index contributed by atoms with van der Waals surface area (Å²) in [6.07, 6.45) is 17.9. The third kappa shape index (κ3) is 10.9. The topological polar surface area (TPSA) is 120 Å². The van der Waals surface area contributed by atoms with Gasteiger partial charge in [0, 0.05) is 0 Å². The molecule has 0 aromatic heterocycles. The fourth-order valence-electron chi connectivity index (χ4n) is 5.17. The SMILES string of the molecule is C1CCC(C2CCCC[N-]2)[N-]C1.C1CCC(C2CCCC[N-]2)[N-]C1.NC(C(=O)O)C1CC1.[Co+2]. The van der Waals surface area contributed by atoms with Crippen molar-refractivity contribution in [2.24, 2.45) is 11.7 Å². The van der Waals surface area contributed by atoms with Crippen molar-refractivity contribution >= 4 is 5.97 Å². The number of carbonyl (C=O) groups is 1. The van der Waals surface area contributed by atoms with E-state index in [2.05, 4.69) is 21.3 Å². The Morgan fingerprint density at radius 3 is 1.06 bits per heavy atom. The quantitative estimate of drug-likeness (QED) is 0.525. The number of hydrogen-bond acceptors (Lipinski definition) is 2. The molecule has 0 amide bonds. The predicted molar refractivity (Wildman–Crippen MR) is 132 cm³/mol. The number of piperidine rings is 4. The van der Waals surface area contributed by atoms with Gasteiger partial charge in [-0.2, -0.15) is 24.2 Å². The molecule has 5 aliphatic rings. The molecule has 0 aromatic rings. The van der Waals surface area contributed by atoms with E-state index in [9.17, 15) is 4.79 Å². The zero-order valence-corrected chi connectivity index (χ0v) is 21.3. The second-order valence-corrected chi connectivity index (χ2v) is 10.1. The Balaban J connectivity index is 0.000000177. The third-order valence-corrected chi connectivity index (χ3v) is 7.39. The van der Waals surface area contributed by atoms with Gasteiger partial charge in [0.2, 0.25) is 0 Å². The first kappa shape index (κ1) is 29.0. The molecule has 5 atom stereocenters. The summed E-state index contributed by atoms with van der Waals surface area (Å²) in [5, 5.41) is 26.9. The molecule has 5 rings (SSSR count). The number of carboxylic acid groups (broad SMARTS) is 1. The summed E-state index contributed by atoms with van der Waals surface area (Å²) >= 11 is 0. The maximum Gasteiger partial charge on any atom is 2.00 e. The van der Waals surface area contributed by atoms with Crippen LogP contribution in [0.2, 0.25) is 0 Å². The number of aliphatic carboxylic acids is 1. The zero-order valence-electron chi connectivity index (χ0n) is 20.2. The van der Waals surface area contributed by atoms with Crippen LogP contribution in [0.25, 0.3) is 21.3 Å². The molecule has 33 heavy (non-hydrogen) atoms. The molecule has 5 unspecified atom stereocenters. The van der Waals surface area contributed by atoms with Crippen molar-refractivity contribution in [3.63, 3.8) is 0 Å². The van der Waals surface area contributed by atoms with E-state index < -0.39 is 12.0 Å². The van der Waals surface area contributed by atoms with Gasteiger partial charge >= 0.3 is 22.7 Å². The minimum atomic E-state index is -0.868. The second kappa shape index (κ2) is 16.4. The molecule has 0 bridgehead atoms. The number of rotatable bonds is 4. The number of carboxylic acids is 1. The Morgan fingerprint density at radius 2 is 0.909 bits per heavy atom. The summed E-state index contributed by atoms with van der Waals surface area (Å²) in [6.45, 7) is 4.38.